The van der Waals surface area contributed by atoms with Crippen LogP contribution in [0.3, 0.4) is 0 Å². The second-order valence-corrected chi connectivity index (χ2v) is 8.29. The van der Waals surface area contributed by atoms with Crippen molar-refractivity contribution in [2.75, 3.05) is 26.2 Å². The van der Waals surface area contributed by atoms with Gasteiger partial charge in [0.25, 0.3) is 0 Å². The minimum atomic E-state index is -1.26. The fourth-order valence-electron chi connectivity index (χ4n) is 4.24. The van der Waals surface area contributed by atoms with Gasteiger partial charge in [-0.05, 0) is 35.2 Å². The van der Waals surface area contributed by atoms with Crippen molar-refractivity contribution in [3.8, 4) is 0 Å². The molecule has 5 N–H and O–H groups in total. The molecule has 2 atom stereocenters. The third-order valence-corrected chi connectivity index (χ3v) is 5.79. The van der Waals surface area contributed by atoms with Gasteiger partial charge in [-0.25, -0.2) is 23.6 Å². The fourth-order valence-corrected chi connectivity index (χ4v) is 4.24. The van der Waals surface area contributed by atoms with Crippen molar-refractivity contribution in [1.29, 1.82) is 0 Å². The molecule has 0 radical (unpaired) electrons. The molecule has 1 aliphatic carbocycles. The highest BCUT2D eigenvalue weighted by atomic mass is 19.1. The number of benzene rings is 2. The average molecular weight is 529 g/mol. The molecule has 1 fully saturated rings. The third-order valence-electron chi connectivity index (χ3n) is 5.79. The molecule has 2 aliphatic rings. The summed E-state index contributed by atoms with van der Waals surface area (Å²) in [6.07, 6.45) is 3.33. The Kier molecular flexibility index (Phi) is 11.8. The molecule has 38 heavy (non-hydrogen) atoms. The second-order valence-electron chi connectivity index (χ2n) is 8.29. The Bertz CT molecular complexity index is 1110. The number of carboxylic acids is 4. The molecule has 0 amide bonds. The number of carbonyl (C=O) groups is 4. The van der Waals surface area contributed by atoms with Gasteiger partial charge in [-0.2, -0.15) is 0 Å². The summed E-state index contributed by atoms with van der Waals surface area (Å²) in [4.78, 5) is 40.8. The lowest BCUT2D eigenvalue weighted by Crippen LogP contribution is -2.44. The second kappa shape index (κ2) is 15.0. The molecule has 0 aromatic heterocycles. The monoisotopic (exact) mass is 528 g/mol. The van der Waals surface area contributed by atoms with Gasteiger partial charge in [0, 0.05) is 62.4 Å². The molecular weight excluding hydrogens is 499 g/mol. The zero-order valence-corrected chi connectivity index (χ0v) is 20.4. The maximum atomic E-state index is 13.2. The molecule has 1 saturated heterocycles. The SMILES string of the molecule is Fc1ccc([C@@H]2C[C@@H](N3CCNCC3)c3ccccc32)cc1.O=C(O)/C=C\C(=O)O.O=C(O)/C=C\C(=O)O. The fraction of sp³-hybridized carbons (Fsp3) is 0.259. The number of carboxylic acid groups (broad SMARTS) is 4. The van der Waals surface area contributed by atoms with Crippen molar-refractivity contribution in [3.63, 3.8) is 0 Å². The van der Waals surface area contributed by atoms with Crippen molar-refractivity contribution >= 4 is 23.9 Å². The highest BCUT2D eigenvalue weighted by Crippen LogP contribution is 2.46. The zero-order chi connectivity index (χ0) is 28.1. The van der Waals surface area contributed by atoms with Crippen LogP contribution in [0, 0.1) is 5.82 Å². The van der Waals surface area contributed by atoms with Crippen molar-refractivity contribution in [2.24, 2.45) is 0 Å². The standard InChI is InChI=1S/C19H21FN2.2C4H4O4/c20-15-7-5-14(6-8-15)18-13-19(22-11-9-21-10-12-22)17-4-2-1-3-16(17)18;2*5-3(6)1-2-4(7)8/h1-8,18-19,21H,9-13H2;2*1-2H,(H,5,6)(H,7,8)/b;2*2-1-/t18-,19+;;/m0../s1. The number of piperazine rings is 1. The van der Waals surface area contributed by atoms with Crippen LogP contribution < -0.4 is 5.32 Å². The first-order valence-electron chi connectivity index (χ1n) is 11.7. The Morgan fingerprint density at radius 2 is 1.18 bits per heavy atom. The Hall–Kier alpha value is -4.35. The predicted molar refractivity (Wildman–Crippen MR) is 135 cm³/mol. The van der Waals surface area contributed by atoms with Crippen LogP contribution in [0.5, 0.6) is 0 Å². The number of halogens is 1. The number of aliphatic carboxylic acids is 4. The molecule has 0 saturated carbocycles. The van der Waals surface area contributed by atoms with Gasteiger partial charge in [-0.3, -0.25) is 4.90 Å². The van der Waals surface area contributed by atoms with Gasteiger partial charge in [-0.15, -0.1) is 0 Å². The van der Waals surface area contributed by atoms with E-state index in [1.165, 1.54) is 16.7 Å². The van der Waals surface area contributed by atoms with Gasteiger partial charge in [0.05, 0.1) is 0 Å². The lowest BCUT2D eigenvalue weighted by molar-refractivity contribution is -0.134. The summed E-state index contributed by atoms with van der Waals surface area (Å²) < 4.78 is 13.2. The number of rotatable bonds is 6. The molecule has 10 nitrogen and oxygen atoms in total. The van der Waals surface area contributed by atoms with Crippen LogP contribution in [0.4, 0.5) is 4.39 Å². The van der Waals surface area contributed by atoms with Crippen molar-refractivity contribution in [2.45, 2.75) is 18.4 Å². The summed E-state index contributed by atoms with van der Waals surface area (Å²) in [6, 6.07) is 16.3. The van der Waals surface area contributed by atoms with Crippen LogP contribution in [-0.4, -0.2) is 75.4 Å². The summed E-state index contributed by atoms with van der Waals surface area (Å²) >= 11 is 0. The van der Waals surface area contributed by atoms with E-state index in [1.807, 2.05) is 12.1 Å². The first-order valence-corrected chi connectivity index (χ1v) is 11.7. The van der Waals surface area contributed by atoms with E-state index in [-0.39, 0.29) is 5.82 Å². The van der Waals surface area contributed by atoms with Gasteiger partial charge < -0.3 is 25.7 Å². The lowest BCUT2D eigenvalue weighted by Gasteiger charge is -2.33. The Labute approximate surface area is 218 Å². The van der Waals surface area contributed by atoms with E-state index in [0.29, 0.717) is 36.3 Å². The van der Waals surface area contributed by atoms with Crippen molar-refractivity contribution in [3.05, 3.63) is 95.3 Å². The maximum absolute atomic E-state index is 13.2. The topological polar surface area (TPSA) is 164 Å². The summed E-state index contributed by atoms with van der Waals surface area (Å²) in [7, 11) is 0. The van der Waals surface area contributed by atoms with E-state index in [9.17, 15) is 23.6 Å². The van der Waals surface area contributed by atoms with Crippen LogP contribution in [0.25, 0.3) is 0 Å². The Morgan fingerprint density at radius 3 is 1.63 bits per heavy atom. The lowest BCUT2D eigenvalue weighted by atomic mass is 9.93. The number of hydrogen-bond acceptors (Lipinski definition) is 6. The van der Waals surface area contributed by atoms with E-state index in [1.54, 1.807) is 12.1 Å². The third kappa shape index (κ3) is 9.96. The van der Waals surface area contributed by atoms with E-state index in [2.05, 4.69) is 34.5 Å². The normalized spacial score (nSPS) is 18.6. The zero-order valence-electron chi connectivity index (χ0n) is 20.4. The Balaban J connectivity index is 0.000000264. The summed E-state index contributed by atoms with van der Waals surface area (Å²) in [5, 5.41) is 34.7. The Morgan fingerprint density at radius 1 is 0.737 bits per heavy atom. The van der Waals surface area contributed by atoms with E-state index < -0.39 is 23.9 Å². The summed E-state index contributed by atoms with van der Waals surface area (Å²) in [6.45, 7) is 4.35. The number of hydrogen-bond donors (Lipinski definition) is 5. The first-order chi connectivity index (χ1) is 18.1. The van der Waals surface area contributed by atoms with Crippen LogP contribution in [-0.2, 0) is 19.2 Å². The maximum Gasteiger partial charge on any atom is 0.328 e. The van der Waals surface area contributed by atoms with E-state index >= 15 is 0 Å². The summed E-state index contributed by atoms with van der Waals surface area (Å²) in [5.74, 6) is -4.80. The molecule has 0 spiro atoms. The number of fused-ring (bicyclic) bond motifs is 1. The predicted octanol–water partition coefficient (Wildman–Crippen LogP) is 2.73. The molecule has 0 bridgehead atoms. The van der Waals surface area contributed by atoms with Crippen LogP contribution in [0.2, 0.25) is 0 Å². The van der Waals surface area contributed by atoms with Gasteiger partial charge >= 0.3 is 23.9 Å². The minimum Gasteiger partial charge on any atom is -0.478 e. The van der Waals surface area contributed by atoms with Crippen molar-refractivity contribution < 1.29 is 44.0 Å². The van der Waals surface area contributed by atoms with E-state index in [0.717, 1.165) is 32.6 Å². The van der Waals surface area contributed by atoms with Gasteiger partial charge in [-0.1, -0.05) is 36.4 Å². The molecular formula is C27H29FN2O8. The van der Waals surface area contributed by atoms with Crippen molar-refractivity contribution in [1.82, 2.24) is 10.2 Å². The van der Waals surface area contributed by atoms with Crippen LogP contribution in [0.1, 0.15) is 35.1 Å². The molecule has 1 heterocycles. The number of nitrogens with one attached hydrogen (secondary N) is 1. The van der Waals surface area contributed by atoms with Gasteiger partial charge in [0.1, 0.15) is 5.82 Å². The van der Waals surface area contributed by atoms with E-state index in [4.69, 9.17) is 20.4 Å². The molecule has 2 aromatic rings. The van der Waals surface area contributed by atoms with Crippen LogP contribution >= 0.6 is 0 Å². The molecule has 4 rings (SSSR count). The number of nitrogens with zero attached hydrogens (tertiary/aromatic N) is 1. The van der Waals surface area contributed by atoms with Gasteiger partial charge in [0.2, 0.25) is 0 Å². The molecule has 202 valence electrons. The largest absolute Gasteiger partial charge is 0.478 e. The minimum absolute atomic E-state index is 0.159. The quantitative estimate of drug-likeness (QED) is 0.352. The molecule has 1 aliphatic heterocycles. The van der Waals surface area contributed by atoms with Gasteiger partial charge in [0.15, 0.2) is 0 Å². The average Bonchev–Trinajstić information content (AvgIpc) is 3.28. The summed E-state index contributed by atoms with van der Waals surface area (Å²) in [5.41, 5.74) is 4.10. The highest BCUT2D eigenvalue weighted by molar-refractivity contribution is 5.90. The smallest absolute Gasteiger partial charge is 0.328 e. The molecule has 0 unspecified atom stereocenters. The molecule has 11 heteroatoms. The van der Waals surface area contributed by atoms with Crippen LogP contribution in [0.15, 0.2) is 72.8 Å². The first kappa shape index (κ1) is 29.9. The molecule has 2 aromatic carbocycles. The highest BCUT2D eigenvalue weighted by Gasteiger charge is 2.35.